The van der Waals surface area contributed by atoms with Crippen molar-refractivity contribution in [1.29, 1.82) is 0 Å². The van der Waals surface area contributed by atoms with Crippen LogP contribution < -0.4 is 16.8 Å². The molecule has 1 aliphatic heterocycles. The van der Waals surface area contributed by atoms with Gasteiger partial charge in [-0.1, -0.05) is 18.2 Å². The zero-order chi connectivity index (χ0) is 25.6. The molecule has 3 aromatic heterocycles. The third-order valence-corrected chi connectivity index (χ3v) is 6.02. The van der Waals surface area contributed by atoms with Crippen LogP contribution in [0.4, 0.5) is 10.2 Å². The number of pyridine rings is 1. The largest absolute Gasteiger partial charge is 0.386 e. The van der Waals surface area contributed by atoms with Crippen LogP contribution in [0.3, 0.4) is 0 Å². The van der Waals surface area contributed by atoms with E-state index < -0.39 is 17.2 Å². The van der Waals surface area contributed by atoms with Crippen LogP contribution in [0.5, 0.6) is 0 Å². The van der Waals surface area contributed by atoms with Gasteiger partial charge in [0, 0.05) is 17.3 Å². The number of halogens is 1. The number of nitrogens with two attached hydrogens (primary N) is 2. The number of nitrogens with zero attached hydrogens (tertiary/aromatic N) is 6. The Morgan fingerprint density at radius 2 is 1.92 bits per heavy atom. The maximum atomic E-state index is 14.3. The van der Waals surface area contributed by atoms with Gasteiger partial charge in [-0.25, -0.2) is 29.0 Å². The highest BCUT2D eigenvalue weighted by molar-refractivity contribution is 6.05. The Morgan fingerprint density at radius 3 is 2.67 bits per heavy atom. The van der Waals surface area contributed by atoms with Crippen LogP contribution in [0, 0.1) is 5.82 Å². The Kier molecular flexibility index (Phi) is 5.43. The van der Waals surface area contributed by atoms with Gasteiger partial charge in [0.25, 0.3) is 5.91 Å². The van der Waals surface area contributed by atoms with Crippen molar-refractivity contribution in [3.8, 4) is 11.5 Å². The molecule has 11 nitrogen and oxygen atoms in total. The number of carbonyl (C=O) groups excluding carboxylic acids is 2. The number of hydrogen-bond donors (Lipinski definition) is 3. The van der Waals surface area contributed by atoms with E-state index >= 15 is 0 Å². The molecule has 4 heterocycles. The van der Waals surface area contributed by atoms with Crippen molar-refractivity contribution < 1.29 is 14.0 Å². The molecule has 0 atom stereocenters. The minimum Gasteiger partial charge on any atom is -0.386 e. The van der Waals surface area contributed by atoms with Crippen LogP contribution in [0.2, 0.25) is 0 Å². The summed E-state index contributed by atoms with van der Waals surface area (Å²) in [6.07, 6.45) is 1.60. The maximum absolute atomic E-state index is 14.3. The lowest BCUT2D eigenvalue weighted by Gasteiger charge is -2.21. The fourth-order valence-corrected chi connectivity index (χ4v) is 4.08. The van der Waals surface area contributed by atoms with Gasteiger partial charge in [0.2, 0.25) is 5.91 Å². The van der Waals surface area contributed by atoms with Gasteiger partial charge < -0.3 is 16.8 Å². The van der Waals surface area contributed by atoms with E-state index in [2.05, 4.69) is 30.4 Å². The van der Waals surface area contributed by atoms with Gasteiger partial charge in [-0.05, 0) is 32.0 Å². The van der Waals surface area contributed by atoms with Crippen LogP contribution in [0.15, 0.2) is 47.6 Å². The summed E-state index contributed by atoms with van der Waals surface area (Å²) in [7, 11) is 0. The van der Waals surface area contributed by atoms with Crippen molar-refractivity contribution in [2.45, 2.75) is 25.8 Å². The Morgan fingerprint density at radius 1 is 1.14 bits per heavy atom. The second kappa shape index (κ2) is 8.48. The third-order valence-electron chi connectivity index (χ3n) is 6.02. The number of nitrogens with one attached hydrogen (secondary N) is 1. The number of aromatic nitrogens is 5. The van der Waals surface area contributed by atoms with Gasteiger partial charge in [0.1, 0.15) is 23.0 Å². The van der Waals surface area contributed by atoms with E-state index in [4.69, 9.17) is 11.5 Å². The fourth-order valence-electron chi connectivity index (χ4n) is 4.08. The molecule has 0 spiro atoms. The molecule has 5 N–H and O–H groups in total. The second-order valence-electron chi connectivity index (χ2n) is 8.84. The molecule has 5 rings (SSSR count). The van der Waals surface area contributed by atoms with E-state index in [1.807, 2.05) is 0 Å². The summed E-state index contributed by atoms with van der Waals surface area (Å²) >= 11 is 0. The predicted molar refractivity (Wildman–Crippen MR) is 130 cm³/mol. The van der Waals surface area contributed by atoms with Crippen LogP contribution in [-0.4, -0.2) is 48.9 Å². The number of fused-ring (bicyclic) bond motifs is 2. The van der Waals surface area contributed by atoms with Crippen molar-refractivity contribution in [3.63, 3.8) is 0 Å². The molecule has 36 heavy (non-hydrogen) atoms. The van der Waals surface area contributed by atoms with E-state index in [0.717, 1.165) is 0 Å². The van der Waals surface area contributed by atoms with Crippen LogP contribution in [-0.2, 0) is 16.8 Å². The molecule has 12 heteroatoms. The molecule has 0 bridgehead atoms. The lowest BCUT2D eigenvalue weighted by atomic mass is 9.84. The summed E-state index contributed by atoms with van der Waals surface area (Å²) in [6, 6.07) is 9.91. The number of benzene rings is 1. The molecular formula is C24H22FN9O2. The molecule has 0 saturated heterocycles. The minimum atomic E-state index is -0.818. The third kappa shape index (κ3) is 3.82. The number of hydrogen-bond acceptors (Lipinski definition) is 8. The van der Waals surface area contributed by atoms with E-state index in [1.54, 1.807) is 55.1 Å². The number of amidine groups is 1. The first kappa shape index (κ1) is 23.0. The molecule has 1 aliphatic rings. The minimum absolute atomic E-state index is 0.00569. The lowest BCUT2D eigenvalue weighted by molar-refractivity contribution is -0.117. The smallest absolute Gasteiger partial charge is 0.270 e. The highest BCUT2D eigenvalue weighted by Gasteiger charge is 2.40. The van der Waals surface area contributed by atoms with Crippen LogP contribution in [0.1, 0.15) is 35.5 Å². The van der Waals surface area contributed by atoms with Crippen LogP contribution in [0.25, 0.3) is 22.6 Å². The molecule has 4 aromatic rings. The topological polar surface area (TPSA) is 167 Å². The summed E-state index contributed by atoms with van der Waals surface area (Å²) in [6.45, 7) is 3.35. The average Bonchev–Trinajstić information content (AvgIpc) is 3.32. The summed E-state index contributed by atoms with van der Waals surface area (Å²) in [5, 5.41) is 7.70. The number of amides is 2. The van der Waals surface area contributed by atoms with Crippen molar-refractivity contribution in [2.75, 3.05) is 6.54 Å². The molecule has 0 aliphatic carbocycles. The molecule has 1 aromatic carbocycles. The number of rotatable bonds is 6. The first-order valence-corrected chi connectivity index (χ1v) is 11.1. The van der Waals surface area contributed by atoms with Crippen molar-refractivity contribution >= 4 is 34.5 Å². The standard InChI is InChI=1S/C24H22FN9O2/c1-24(2)16-18(22(36)29-10-15(26)35)30-20(31-19(16)32-23(24)27)17-13-7-5-9-28-21(13)34(33-17)11-12-6-3-4-8-14(12)25/h3-9H,10-11H2,1-2H3,(H2,26,35)(H,29,36)(H2,27,30,31,32). The average molecular weight is 487 g/mol. The molecule has 0 fully saturated rings. The van der Waals surface area contributed by atoms with Gasteiger partial charge in [-0.15, -0.1) is 0 Å². The summed E-state index contributed by atoms with van der Waals surface area (Å²) < 4.78 is 15.9. The SMILES string of the molecule is CC1(C)C(N)=Nc2nc(-c3nn(Cc4ccccc4F)c4ncccc34)nc(C(=O)NCC(N)=O)c21. The van der Waals surface area contributed by atoms with Gasteiger partial charge in [-0.3, -0.25) is 9.59 Å². The van der Waals surface area contributed by atoms with E-state index in [0.29, 0.717) is 27.9 Å². The zero-order valence-electron chi connectivity index (χ0n) is 19.5. The Bertz CT molecular complexity index is 1580. The molecule has 0 saturated carbocycles. The first-order chi connectivity index (χ1) is 17.2. The van der Waals surface area contributed by atoms with Gasteiger partial charge >= 0.3 is 0 Å². The number of primary amides is 1. The molecule has 0 unspecified atom stereocenters. The lowest BCUT2D eigenvalue weighted by Crippen LogP contribution is -2.38. The maximum Gasteiger partial charge on any atom is 0.270 e. The highest BCUT2D eigenvalue weighted by atomic mass is 19.1. The Balaban J connectivity index is 1.68. The van der Waals surface area contributed by atoms with E-state index in [-0.39, 0.29) is 42.1 Å². The fraction of sp³-hybridized carbons (Fsp3) is 0.208. The van der Waals surface area contributed by atoms with Gasteiger partial charge in [0.05, 0.1) is 23.9 Å². The van der Waals surface area contributed by atoms with Crippen molar-refractivity contribution in [3.05, 3.63) is 65.2 Å². The summed E-state index contributed by atoms with van der Waals surface area (Å²) in [5.74, 6) is -1.09. The molecule has 2 amide bonds. The van der Waals surface area contributed by atoms with E-state index in [9.17, 15) is 14.0 Å². The first-order valence-electron chi connectivity index (χ1n) is 11.1. The number of aliphatic imine (C=N–C) groups is 1. The summed E-state index contributed by atoms with van der Waals surface area (Å²) in [5.41, 5.74) is 12.2. The number of carbonyl (C=O) groups is 2. The van der Waals surface area contributed by atoms with Gasteiger partial charge in [-0.2, -0.15) is 5.10 Å². The predicted octanol–water partition coefficient (Wildman–Crippen LogP) is 1.57. The normalized spacial score (nSPS) is 13.9. The van der Waals surface area contributed by atoms with Crippen LogP contribution >= 0.6 is 0 Å². The monoisotopic (exact) mass is 487 g/mol. The molecule has 182 valence electrons. The quantitative estimate of drug-likeness (QED) is 0.371. The highest BCUT2D eigenvalue weighted by Crippen LogP contribution is 2.40. The second-order valence-corrected chi connectivity index (χ2v) is 8.84. The van der Waals surface area contributed by atoms with E-state index in [1.165, 1.54) is 6.07 Å². The molecular weight excluding hydrogens is 465 g/mol. The Hall–Kier alpha value is -4.74. The van der Waals surface area contributed by atoms with Gasteiger partial charge in [0.15, 0.2) is 17.3 Å². The Labute approximate surface area is 204 Å². The van der Waals surface area contributed by atoms with Crippen molar-refractivity contribution in [1.82, 2.24) is 30.0 Å². The van der Waals surface area contributed by atoms with Crippen molar-refractivity contribution in [2.24, 2.45) is 16.5 Å². The molecule has 0 radical (unpaired) electrons. The summed E-state index contributed by atoms with van der Waals surface area (Å²) in [4.78, 5) is 42.2. The zero-order valence-corrected chi connectivity index (χ0v) is 19.5.